The van der Waals surface area contributed by atoms with Gasteiger partial charge < -0.3 is 51.2 Å². The van der Waals surface area contributed by atoms with Crippen LogP contribution in [0.15, 0.2) is 0 Å². The van der Waals surface area contributed by atoms with E-state index in [1.54, 1.807) is 0 Å². The molecule has 0 radical (unpaired) electrons. The van der Waals surface area contributed by atoms with Gasteiger partial charge in [-0.25, -0.2) is 0 Å². The van der Waals surface area contributed by atoms with Crippen molar-refractivity contribution in [3.63, 3.8) is 0 Å². The first-order chi connectivity index (χ1) is 0. The Bertz CT molecular complexity index is 6.85. The van der Waals surface area contributed by atoms with Crippen molar-refractivity contribution in [3.05, 3.63) is 0 Å². The molecule has 0 aliphatic rings. The Hall–Kier alpha value is 2.98. The van der Waals surface area contributed by atoms with Gasteiger partial charge in [0.2, 0.25) is 0 Å². The molecule has 0 N–H and O–H groups in total. The molecule has 0 aromatic carbocycles. The van der Waals surface area contributed by atoms with Crippen molar-refractivity contribution in [1.29, 1.82) is 0 Å². The van der Waals surface area contributed by atoms with E-state index in [4.69, 9.17) is 0 Å². The van der Waals surface area contributed by atoms with Crippen molar-refractivity contribution in [2.45, 2.75) is 0 Å². The number of rotatable bonds is 0. The smallest absolute Gasteiger partial charge is 2.00 e. The minimum Gasteiger partial charge on any atom is -2.00 e. The van der Waals surface area contributed by atoms with Crippen LogP contribution in [0.4, 0.5) is 0 Å². The van der Waals surface area contributed by atoms with E-state index < -0.39 is 0 Å². The van der Waals surface area contributed by atoms with Crippen LogP contribution in [-0.2, 0) is 19.5 Å². The molecule has 5 heteroatoms. The molecule has 0 heterocycles. The average Bonchev–Trinajstić information content (AvgIpc) is 0. The first-order valence-electron chi connectivity index (χ1n) is 0. The van der Waals surface area contributed by atoms with E-state index in [2.05, 4.69) is 0 Å². The summed E-state index contributed by atoms with van der Waals surface area (Å²) in [5.41, 5.74) is 0. The predicted octanol–water partition coefficient (Wildman–Crippen LogP) is -1.53. The fraction of sp³-hybridized carbons (Fsp3) is 0. The van der Waals surface area contributed by atoms with Crippen LogP contribution < -0.4 is 0 Å². The zero-order valence-electron chi connectivity index (χ0n) is 2.43. The molecule has 0 saturated carbocycles. The molecular weight excluding hydrogens is 421 g/mol. The van der Waals surface area contributed by atoms with E-state index >= 15 is 0 Å². The second-order valence-corrected chi connectivity index (χ2v) is 0. The van der Waals surface area contributed by atoms with Gasteiger partial charge in [0, 0.05) is 0 Å². The zero-order chi connectivity index (χ0) is 0. The third-order valence-electron chi connectivity index (χ3n) is 0. The van der Waals surface area contributed by atoms with E-state index in [1.165, 1.54) is 0 Å². The maximum absolute atomic E-state index is 0. The SMILES string of the molecule is [Se-2].[Se-2].[Se-2].[Sn+4].[Zn+2]. The molecule has 0 unspecified atom stereocenters. The van der Waals surface area contributed by atoms with Gasteiger partial charge in [0.15, 0.2) is 0 Å². The van der Waals surface area contributed by atoms with Crippen LogP contribution in [0.5, 0.6) is 0 Å². The van der Waals surface area contributed by atoms with Crippen LogP contribution in [-0.4, -0.2) is 75.1 Å². The average molecular weight is 421 g/mol. The van der Waals surface area contributed by atoms with E-state index in [9.17, 15) is 0 Å². The fourth-order valence-corrected chi connectivity index (χ4v) is 0. The zero-order valence-corrected chi connectivity index (χ0v) is 13.4. The van der Waals surface area contributed by atoms with Gasteiger partial charge in [-0.3, -0.25) is 0 Å². The molecule has 0 rings (SSSR count). The minimum atomic E-state index is 0. The van der Waals surface area contributed by atoms with E-state index in [1.807, 2.05) is 0 Å². The molecule has 0 aromatic heterocycles. The van der Waals surface area contributed by atoms with Crippen molar-refractivity contribution in [2.75, 3.05) is 0 Å². The molecule has 0 aliphatic heterocycles. The minimum absolute atomic E-state index is 0. The van der Waals surface area contributed by atoms with Crippen LogP contribution in [0.1, 0.15) is 0 Å². The van der Waals surface area contributed by atoms with Gasteiger partial charge >= 0.3 is 43.4 Å². The summed E-state index contributed by atoms with van der Waals surface area (Å²) in [6.45, 7) is 0. The quantitative estimate of drug-likeness (QED) is 0.417. The van der Waals surface area contributed by atoms with Gasteiger partial charge in [0.05, 0.1) is 0 Å². The van der Waals surface area contributed by atoms with Crippen LogP contribution in [0.2, 0.25) is 0 Å². The van der Waals surface area contributed by atoms with Crippen molar-refractivity contribution in [1.82, 2.24) is 0 Å². The van der Waals surface area contributed by atoms with Gasteiger partial charge in [-0.2, -0.15) is 0 Å². The van der Waals surface area contributed by atoms with Crippen LogP contribution in [0.3, 0.4) is 0 Å². The van der Waals surface area contributed by atoms with Crippen molar-refractivity contribution >= 4 is 75.1 Å². The van der Waals surface area contributed by atoms with Gasteiger partial charge in [-0.1, -0.05) is 0 Å². The predicted molar refractivity (Wildman–Crippen MR) is 23.0 cm³/mol. The van der Waals surface area contributed by atoms with Gasteiger partial charge in [-0.15, -0.1) is 0 Å². The second kappa shape index (κ2) is 28.1. The van der Waals surface area contributed by atoms with Gasteiger partial charge in [0.1, 0.15) is 0 Å². The van der Waals surface area contributed by atoms with Crippen LogP contribution >= 0.6 is 0 Å². The number of hydrogen-bond acceptors (Lipinski definition) is 0. The fourth-order valence-electron chi connectivity index (χ4n) is 0. The summed E-state index contributed by atoms with van der Waals surface area (Å²) in [5, 5.41) is 0. The summed E-state index contributed by atoms with van der Waals surface area (Å²) < 4.78 is 0. The summed E-state index contributed by atoms with van der Waals surface area (Å²) in [7, 11) is 0. The summed E-state index contributed by atoms with van der Waals surface area (Å²) in [5.74, 6) is 0. The Morgan fingerprint density at radius 3 is 0.600 bits per heavy atom. The first kappa shape index (κ1) is 43.8. The summed E-state index contributed by atoms with van der Waals surface area (Å²) in [6, 6.07) is 0. The Kier molecular flexibility index (Phi) is 246. The third kappa shape index (κ3) is 19.5. The second-order valence-electron chi connectivity index (χ2n) is 0. The standard InChI is InChI=1S/3Se.Sn.Zn/q3*-2;+4;+2. The van der Waals surface area contributed by atoms with E-state index in [-0.39, 0.29) is 94.6 Å². The molecule has 0 fully saturated rings. The van der Waals surface area contributed by atoms with Crippen molar-refractivity contribution in [3.8, 4) is 0 Å². The van der Waals surface area contributed by atoms with Crippen LogP contribution in [0.25, 0.3) is 0 Å². The normalized spacial score (nSPS) is 0. The largest absolute Gasteiger partial charge is 4.00 e. The maximum atomic E-state index is 0. The van der Waals surface area contributed by atoms with Crippen molar-refractivity contribution < 1.29 is 19.5 Å². The van der Waals surface area contributed by atoms with Crippen LogP contribution in [0, 0.1) is 0 Å². The maximum Gasteiger partial charge on any atom is 4.00 e. The molecule has 0 aromatic rings. The van der Waals surface area contributed by atoms with E-state index in [0.717, 1.165) is 0 Å². The Balaban J connectivity index is 0. The monoisotopic (exact) mass is 424 g/mol. The third-order valence-corrected chi connectivity index (χ3v) is 0. The molecule has 24 valence electrons. The molecule has 5 heavy (non-hydrogen) atoms. The Labute approximate surface area is 93.1 Å². The van der Waals surface area contributed by atoms with Crippen molar-refractivity contribution in [2.24, 2.45) is 0 Å². The van der Waals surface area contributed by atoms with Gasteiger partial charge in [-0.05, 0) is 0 Å². The summed E-state index contributed by atoms with van der Waals surface area (Å²) in [6.07, 6.45) is 0. The Morgan fingerprint density at radius 1 is 0.600 bits per heavy atom. The molecule has 0 saturated heterocycles. The molecule has 0 spiro atoms. The molecule has 0 atom stereocenters. The number of hydrogen-bond donors (Lipinski definition) is 0. The summed E-state index contributed by atoms with van der Waals surface area (Å²) >= 11 is 0. The topological polar surface area (TPSA) is 0 Å². The first-order valence-corrected chi connectivity index (χ1v) is 0. The molecule has 0 aliphatic carbocycles. The van der Waals surface area contributed by atoms with Gasteiger partial charge in [0.25, 0.3) is 0 Å². The molecule has 0 bridgehead atoms. The molecule has 0 amide bonds. The summed E-state index contributed by atoms with van der Waals surface area (Å²) in [4.78, 5) is 0. The molecule has 0 nitrogen and oxygen atoms in total. The molecular formula is Se3SnZn. The van der Waals surface area contributed by atoms with E-state index in [0.29, 0.717) is 0 Å². The Morgan fingerprint density at radius 2 is 0.600 bits per heavy atom.